The molecule has 0 aromatic carbocycles. The summed E-state index contributed by atoms with van der Waals surface area (Å²) < 4.78 is 5.06. The van der Waals surface area contributed by atoms with Crippen molar-refractivity contribution in [2.45, 2.75) is 25.3 Å². The number of hydrogen-bond acceptors (Lipinski definition) is 5. The van der Waals surface area contributed by atoms with Crippen LogP contribution in [0.4, 0.5) is 0 Å². The number of aryl methyl sites for hydroxylation is 1. The Morgan fingerprint density at radius 3 is 2.83 bits per heavy atom. The van der Waals surface area contributed by atoms with E-state index in [-0.39, 0.29) is 10.8 Å². The number of nitro groups is 1. The molecule has 2 atom stereocenters. The molecule has 1 aromatic rings. The minimum Gasteiger partial charge on any atom is -0.425 e. The van der Waals surface area contributed by atoms with Crippen LogP contribution >= 0.6 is 0 Å². The van der Waals surface area contributed by atoms with Gasteiger partial charge in [-0.3, -0.25) is 10.1 Å². The highest BCUT2D eigenvalue weighted by Gasteiger charge is 2.52. The average molecular weight is 169 g/mol. The van der Waals surface area contributed by atoms with Gasteiger partial charge in [-0.25, -0.2) is 0 Å². The first kappa shape index (κ1) is 7.20. The van der Waals surface area contributed by atoms with Crippen LogP contribution in [0.1, 0.15) is 24.1 Å². The number of rotatable bonds is 2. The van der Waals surface area contributed by atoms with E-state index in [0.717, 1.165) is 0 Å². The van der Waals surface area contributed by atoms with Gasteiger partial charge in [0.1, 0.15) is 5.92 Å². The van der Waals surface area contributed by atoms with Crippen molar-refractivity contribution in [2.75, 3.05) is 0 Å². The predicted octanol–water partition coefficient (Wildman–Crippen LogP) is 0.511. The molecular formula is C6H7N3O3. The Morgan fingerprint density at radius 1 is 1.67 bits per heavy atom. The van der Waals surface area contributed by atoms with Crippen molar-refractivity contribution < 1.29 is 9.34 Å². The lowest BCUT2D eigenvalue weighted by molar-refractivity contribution is -0.496. The summed E-state index contributed by atoms with van der Waals surface area (Å²) in [5, 5.41) is 17.6. The number of aromatic nitrogens is 2. The monoisotopic (exact) mass is 169 g/mol. The Labute approximate surface area is 67.7 Å². The highest BCUT2D eigenvalue weighted by Crippen LogP contribution is 2.41. The molecule has 2 rings (SSSR count). The van der Waals surface area contributed by atoms with E-state index in [4.69, 9.17) is 4.42 Å². The van der Waals surface area contributed by atoms with Gasteiger partial charge in [0.15, 0.2) is 0 Å². The van der Waals surface area contributed by atoms with Crippen LogP contribution in [0.5, 0.6) is 0 Å². The fraction of sp³-hybridized carbons (Fsp3) is 0.667. The van der Waals surface area contributed by atoms with E-state index in [1.807, 2.05) is 0 Å². The molecule has 0 amide bonds. The summed E-state index contributed by atoms with van der Waals surface area (Å²) in [6, 6.07) is -0.509. The maximum absolute atomic E-state index is 10.3. The lowest BCUT2D eigenvalue weighted by atomic mass is 10.4. The zero-order chi connectivity index (χ0) is 8.72. The molecule has 0 bridgehead atoms. The summed E-state index contributed by atoms with van der Waals surface area (Å²) >= 11 is 0. The van der Waals surface area contributed by atoms with Gasteiger partial charge in [-0.1, -0.05) is 0 Å². The quantitative estimate of drug-likeness (QED) is 0.475. The second-order valence-electron chi connectivity index (χ2n) is 2.85. The van der Waals surface area contributed by atoms with Gasteiger partial charge in [0.2, 0.25) is 17.8 Å². The molecule has 6 heteroatoms. The van der Waals surface area contributed by atoms with E-state index in [9.17, 15) is 10.1 Å². The Kier molecular flexibility index (Phi) is 1.36. The average Bonchev–Trinajstić information content (AvgIpc) is 2.70. The van der Waals surface area contributed by atoms with E-state index < -0.39 is 6.04 Å². The fourth-order valence-corrected chi connectivity index (χ4v) is 1.14. The van der Waals surface area contributed by atoms with Gasteiger partial charge < -0.3 is 4.42 Å². The van der Waals surface area contributed by atoms with E-state index in [1.165, 1.54) is 0 Å². The Morgan fingerprint density at radius 2 is 2.42 bits per heavy atom. The molecule has 0 aliphatic heterocycles. The van der Waals surface area contributed by atoms with Crippen LogP contribution in [-0.4, -0.2) is 21.2 Å². The summed E-state index contributed by atoms with van der Waals surface area (Å²) in [7, 11) is 0. The van der Waals surface area contributed by atoms with E-state index in [0.29, 0.717) is 18.2 Å². The zero-order valence-electron chi connectivity index (χ0n) is 6.43. The molecule has 0 unspecified atom stereocenters. The molecule has 0 saturated heterocycles. The normalized spacial score (nSPS) is 27.1. The Bertz CT molecular complexity index is 322. The Hall–Kier alpha value is -1.46. The lowest BCUT2D eigenvalue weighted by Crippen LogP contribution is -2.02. The van der Waals surface area contributed by atoms with E-state index >= 15 is 0 Å². The second kappa shape index (κ2) is 2.26. The molecule has 64 valence electrons. The fourth-order valence-electron chi connectivity index (χ4n) is 1.14. The van der Waals surface area contributed by atoms with E-state index in [2.05, 4.69) is 10.2 Å². The lowest BCUT2D eigenvalue weighted by Gasteiger charge is -1.85. The predicted molar refractivity (Wildman–Crippen MR) is 37.2 cm³/mol. The first-order valence-corrected chi connectivity index (χ1v) is 3.62. The Balaban J connectivity index is 2.10. The molecule has 1 saturated carbocycles. The molecule has 1 heterocycles. The molecule has 1 aliphatic carbocycles. The van der Waals surface area contributed by atoms with E-state index in [1.54, 1.807) is 6.92 Å². The minimum atomic E-state index is -0.509. The smallest absolute Gasteiger partial charge is 0.226 e. The molecule has 6 nitrogen and oxygen atoms in total. The molecule has 1 aromatic heterocycles. The third kappa shape index (κ3) is 1.05. The van der Waals surface area contributed by atoms with Crippen LogP contribution in [0.25, 0.3) is 0 Å². The van der Waals surface area contributed by atoms with Gasteiger partial charge in [0, 0.05) is 18.3 Å². The summed E-state index contributed by atoms with van der Waals surface area (Å²) in [5.41, 5.74) is 0. The molecule has 0 radical (unpaired) electrons. The van der Waals surface area contributed by atoms with Crippen molar-refractivity contribution in [1.82, 2.24) is 10.2 Å². The first-order chi connectivity index (χ1) is 5.68. The largest absolute Gasteiger partial charge is 0.425 e. The molecule has 0 N–H and O–H groups in total. The molecular weight excluding hydrogens is 162 g/mol. The highest BCUT2D eigenvalue weighted by atomic mass is 16.6. The summed E-state index contributed by atoms with van der Waals surface area (Å²) in [6.45, 7) is 1.67. The van der Waals surface area contributed by atoms with Crippen molar-refractivity contribution in [3.8, 4) is 0 Å². The number of nitrogens with zero attached hydrogens (tertiary/aromatic N) is 3. The van der Waals surface area contributed by atoms with Crippen LogP contribution in [-0.2, 0) is 0 Å². The van der Waals surface area contributed by atoms with Crippen molar-refractivity contribution in [3.63, 3.8) is 0 Å². The van der Waals surface area contributed by atoms with Crippen LogP contribution < -0.4 is 0 Å². The molecule has 12 heavy (non-hydrogen) atoms. The molecule has 0 spiro atoms. The molecule has 1 aliphatic rings. The topological polar surface area (TPSA) is 82.1 Å². The van der Waals surface area contributed by atoms with Gasteiger partial charge in [-0.05, 0) is 0 Å². The zero-order valence-corrected chi connectivity index (χ0v) is 6.43. The molecule has 1 fully saturated rings. The van der Waals surface area contributed by atoms with Crippen molar-refractivity contribution in [3.05, 3.63) is 21.9 Å². The van der Waals surface area contributed by atoms with Crippen LogP contribution in [0.2, 0.25) is 0 Å². The van der Waals surface area contributed by atoms with Gasteiger partial charge in [0.25, 0.3) is 0 Å². The van der Waals surface area contributed by atoms with Gasteiger partial charge in [-0.15, -0.1) is 10.2 Å². The third-order valence-corrected chi connectivity index (χ3v) is 1.89. The SMILES string of the molecule is Cc1nnc([C@H]2C[C@@H]2[N+](=O)[O-])o1. The summed E-state index contributed by atoms with van der Waals surface area (Å²) in [6.07, 6.45) is 0.522. The van der Waals surface area contributed by atoms with Gasteiger partial charge in [-0.2, -0.15) is 0 Å². The first-order valence-electron chi connectivity index (χ1n) is 3.62. The van der Waals surface area contributed by atoms with Crippen LogP contribution in [0.15, 0.2) is 4.42 Å². The van der Waals surface area contributed by atoms with Crippen molar-refractivity contribution in [1.29, 1.82) is 0 Å². The minimum absolute atomic E-state index is 0.152. The number of hydrogen-bond donors (Lipinski definition) is 0. The highest BCUT2D eigenvalue weighted by molar-refractivity contribution is 5.07. The maximum atomic E-state index is 10.3. The summed E-state index contributed by atoms with van der Waals surface area (Å²) in [5.74, 6) is 0.703. The van der Waals surface area contributed by atoms with Crippen molar-refractivity contribution >= 4 is 0 Å². The van der Waals surface area contributed by atoms with Crippen molar-refractivity contribution in [2.24, 2.45) is 0 Å². The second-order valence-corrected chi connectivity index (χ2v) is 2.85. The maximum Gasteiger partial charge on any atom is 0.226 e. The van der Waals surface area contributed by atoms with Crippen LogP contribution in [0.3, 0.4) is 0 Å². The standard InChI is InChI=1S/C6H7N3O3/c1-3-7-8-6(12-3)4-2-5(4)9(10)11/h4-5H,2H2,1H3/t4-,5-/m0/s1. The van der Waals surface area contributed by atoms with Gasteiger partial charge in [0.05, 0.1) is 0 Å². The third-order valence-electron chi connectivity index (χ3n) is 1.89. The van der Waals surface area contributed by atoms with Crippen LogP contribution in [0, 0.1) is 17.0 Å². The van der Waals surface area contributed by atoms with Gasteiger partial charge >= 0.3 is 0 Å². The summed E-state index contributed by atoms with van der Waals surface area (Å²) in [4.78, 5) is 9.97.